The summed E-state index contributed by atoms with van der Waals surface area (Å²) < 4.78 is 53.0. The molecule has 0 aliphatic carbocycles. The molecule has 3 nitrogen and oxygen atoms in total. The van der Waals surface area contributed by atoms with Crippen molar-refractivity contribution in [3.05, 3.63) is 53.1 Å². The highest BCUT2D eigenvalue weighted by atomic mass is 19.2. The van der Waals surface area contributed by atoms with Crippen LogP contribution in [0.5, 0.6) is 0 Å². The first-order valence-corrected chi connectivity index (χ1v) is 5.33. The topological polar surface area (TPSA) is 61.8 Å². The van der Waals surface area contributed by atoms with Crippen molar-refractivity contribution >= 4 is 17.1 Å². The first-order valence-electron chi connectivity index (χ1n) is 5.33. The Morgan fingerprint density at radius 2 is 1.60 bits per heavy atom. The van der Waals surface area contributed by atoms with Crippen LogP contribution in [0.1, 0.15) is 5.56 Å². The van der Waals surface area contributed by atoms with Crippen LogP contribution < -0.4 is 11.1 Å². The third-order valence-electron chi connectivity index (χ3n) is 2.55. The minimum Gasteiger partial charge on any atom is -0.398 e. The van der Waals surface area contributed by atoms with Gasteiger partial charge < -0.3 is 11.1 Å². The van der Waals surface area contributed by atoms with Crippen molar-refractivity contribution in [2.45, 2.75) is 0 Å². The minimum absolute atomic E-state index is 0.0627. The molecule has 0 radical (unpaired) electrons. The van der Waals surface area contributed by atoms with Gasteiger partial charge in [0.05, 0.1) is 5.56 Å². The first-order chi connectivity index (χ1) is 9.43. The molecule has 0 amide bonds. The summed E-state index contributed by atoms with van der Waals surface area (Å²) in [6, 6.07) is 5.73. The molecule has 2 aromatic carbocycles. The van der Waals surface area contributed by atoms with Gasteiger partial charge in [0.2, 0.25) is 0 Å². The van der Waals surface area contributed by atoms with Gasteiger partial charge >= 0.3 is 0 Å². The Morgan fingerprint density at radius 1 is 1.00 bits per heavy atom. The standard InChI is InChI=1S/C13H7F4N3/c14-8-4-9(15)12(17)13(11(8)16)20-7-1-2-10(19)6(3-7)5-18/h1-4,20H,19H2. The quantitative estimate of drug-likeness (QED) is 0.503. The van der Waals surface area contributed by atoms with Crippen LogP contribution in [0.25, 0.3) is 0 Å². The average Bonchev–Trinajstić information content (AvgIpc) is 2.43. The molecule has 0 saturated carbocycles. The van der Waals surface area contributed by atoms with E-state index in [1.165, 1.54) is 18.2 Å². The van der Waals surface area contributed by atoms with E-state index < -0.39 is 29.0 Å². The number of rotatable bonds is 2. The molecule has 7 heteroatoms. The van der Waals surface area contributed by atoms with Crippen molar-refractivity contribution in [1.82, 2.24) is 0 Å². The Labute approximate surface area is 111 Å². The van der Waals surface area contributed by atoms with E-state index >= 15 is 0 Å². The molecule has 0 bridgehead atoms. The van der Waals surface area contributed by atoms with E-state index in [0.717, 1.165) is 0 Å². The average molecular weight is 281 g/mol. The van der Waals surface area contributed by atoms with Gasteiger partial charge in [-0.3, -0.25) is 0 Å². The summed E-state index contributed by atoms with van der Waals surface area (Å²) in [4.78, 5) is 0. The Balaban J connectivity index is 2.48. The fourth-order valence-corrected chi connectivity index (χ4v) is 1.56. The molecular formula is C13H7F4N3. The molecule has 2 aromatic rings. The number of hydrogen-bond acceptors (Lipinski definition) is 3. The highest BCUT2D eigenvalue weighted by molar-refractivity contribution is 5.67. The number of halogens is 4. The zero-order valence-corrected chi connectivity index (χ0v) is 9.85. The van der Waals surface area contributed by atoms with Gasteiger partial charge in [-0.15, -0.1) is 0 Å². The van der Waals surface area contributed by atoms with Crippen LogP contribution in [0.2, 0.25) is 0 Å². The van der Waals surface area contributed by atoms with Crippen LogP contribution in [0.4, 0.5) is 34.6 Å². The number of benzene rings is 2. The van der Waals surface area contributed by atoms with Crippen molar-refractivity contribution in [2.75, 3.05) is 11.1 Å². The lowest BCUT2D eigenvalue weighted by atomic mass is 10.1. The molecule has 0 aromatic heterocycles. The van der Waals surface area contributed by atoms with Gasteiger partial charge in [0, 0.05) is 17.4 Å². The summed E-state index contributed by atoms with van der Waals surface area (Å²) in [6.07, 6.45) is 0. The predicted molar refractivity (Wildman–Crippen MR) is 65.1 cm³/mol. The van der Waals surface area contributed by atoms with E-state index in [-0.39, 0.29) is 23.0 Å². The maximum Gasteiger partial charge on any atom is 0.185 e. The van der Waals surface area contributed by atoms with Crippen LogP contribution in [0, 0.1) is 34.6 Å². The summed E-state index contributed by atoms with van der Waals surface area (Å²) in [6.45, 7) is 0. The number of nitrogens with one attached hydrogen (secondary N) is 1. The molecule has 0 spiro atoms. The molecule has 2 rings (SSSR count). The molecule has 0 saturated heterocycles. The van der Waals surface area contributed by atoms with Crippen LogP contribution >= 0.6 is 0 Å². The highest BCUT2D eigenvalue weighted by Gasteiger charge is 2.19. The smallest absolute Gasteiger partial charge is 0.185 e. The Kier molecular flexibility index (Phi) is 3.48. The lowest BCUT2D eigenvalue weighted by Crippen LogP contribution is -2.03. The summed E-state index contributed by atoms with van der Waals surface area (Å²) >= 11 is 0. The fourth-order valence-electron chi connectivity index (χ4n) is 1.56. The monoisotopic (exact) mass is 281 g/mol. The van der Waals surface area contributed by atoms with E-state index in [1.807, 2.05) is 0 Å². The lowest BCUT2D eigenvalue weighted by Gasteiger charge is -2.10. The number of nitriles is 1. The van der Waals surface area contributed by atoms with Crippen molar-refractivity contribution in [3.63, 3.8) is 0 Å². The summed E-state index contributed by atoms with van der Waals surface area (Å²) in [7, 11) is 0. The number of hydrogen-bond donors (Lipinski definition) is 2. The van der Waals surface area contributed by atoms with Gasteiger partial charge in [-0.25, -0.2) is 17.6 Å². The molecule has 0 atom stereocenters. The minimum atomic E-state index is -1.56. The zero-order valence-electron chi connectivity index (χ0n) is 9.85. The van der Waals surface area contributed by atoms with Gasteiger partial charge in [0.15, 0.2) is 23.3 Å². The number of nitrogen functional groups attached to an aromatic ring is 1. The van der Waals surface area contributed by atoms with Crippen molar-refractivity contribution < 1.29 is 17.6 Å². The molecule has 0 aliphatic heterocycles. The predicted octanol–water partition coefficient (Wildman–Crippen LogP) is 3.44. The normalized spacial score (nSPS) is 10.2. The summed E-state index contributed by atoms with van der Waals surface area (Å²) in [5.41, 5.74) is 4.81. The SMILES string of the molecule is N#Cc1cc(Nc2c(F)c(F)cc(F)c2F)ccc1N. The Morgan fingerprint density at radius 3 is 2.15 bits per heavy atom. The van der Waals surface area contributed by atoms with E-state index in [1.54, 1.807) is 6.07 Å². The second kappa shape index (κ2) is 5.09. The molecule has 102 valence electrons. The number of anilines is 3. The Hall–Kier alpha value is -2.75. The first kappa shape index (κ1) is 13.7. The van der Waals surface area contributed by atoms with Crippen LogP contribution in [0.3, 0.4) is 0 Å². The maximum absolute atomic E-state index is 13.5. The summed E-state index contributed by atoms with van der Waals surface area (Å²) in [5.74, 6) is -6.16. The zero-order chi connectivity index (χ0) is 14.9. The molecule has 20 heavy (non-hydrogen) atoms. The second-order valence-electron chi connectivity index (χ2n) is 3.88. The largest absolute Gasteiger partial charge is 0.398 e. The maximum atomic E-state index is 13.5. The van der Waals surface area contributed by atoms with Gasteiger partial charge in [0.1, 0.15) is 11.8 Å². The van der Waals surface area contributed by atoms with Crippen molar-refractivity contribution in [3.8, 4) is 6.07 Å². The molecular weight excluding hydrogens is 274 g/mol. The molecule has 0 fully saturated rings. The van der Waals surface area contributed by atoms with Crippen LogP contribution in [0.15, 0.2) is 24.3 Å². The van der Waals surface area contributed by atoms with Gasteiger partial charge in [-0.1, -0.05) is 0 Å². The third-order valence-corrected chi connectivity index (χ3v) is 2.55. The van der Waals surface area contributed by atoms with E-state index in [0.29, 0.717) is 0 Å². The second-order valence-corrected chi connectivity index (χ2v) is 3.88. The molecule has 0 heterocycles. The van der Waals surface area contributed by atoms with Crippen LogP contribution in [-0.2, 0) is 0 Å². The molecule has 0 aliphatic rings. The number of nitrogens with zero attached hydrogens (tertiary/aromatic N) is 1. The van der Waals surface area contributed by atoms with E-state index in [2.05, 4.69) is 5.32 Å². The van der Waals surface area contributed by atoms with Gasteiger partial charge in [0.25, 0.3) is 0 Å². The van der Waals surface area contributed by atoms with E-state index in [9.17, 15) is 17.6 Å². The summed E-state index contributed by atoms with van der Waals surface area (Å²) in [5, 5.41) is 11.0. The molecule has 0 unspecified atom stereocenters. The van der Waals surface area contributed by atoms with Gasteiger partial charge in [-0.2, -0.15) is 5.26 Å². The van der Waals surface area contributed by atoms with Crippen LogP contribution in [-0.4, -0.2) is 0 Å². The fraction of sp³-hybridized carbons (Fsp3) is 0. The highest BCUT2D eigenvalue weighted by Crippen LogP contribution is 2.28. The molecule has 3 N–H and O–H groups in total. The van der Waals surface area contributed by atoms with Crippen molar-refractivity contribution in [1.29, 1.82) is 5.26 Å². The third kappa shape index (κ3) is 2.36. The Bertz CT molecular complexity index is 696. The van der Waals surface area contributed by atoms with E-state index in [4.69, 9.17) is 11.0 Å². The van der Waals surface area contributed by atoms with Gasteiger partial charge in [-0.05, 0) is 18.2 Å². The van der Waals surface area contributed by atoms with Crippen molar-refractivity contribution in [2.24, 2.45) is 0 Å². The number of nitrogens with two attached hydrogens (primary N) is 1. The lowest BCUT2D eigenvalue weighted by molar-refractivity contribution is 0.459.